The van der Waals surface area contributed by atoms with Gasteiger partial charge in [-0.2, -0.15) is 23.4 Å². The summed E-state index contributed by atoms with van der Waals surface area (Å²) < 4.78 is 42.7. The van der Waals surface area contributed by atoms with Crippen LogP contribution in [0.25, 0.3) is 0 Å². The molecule has 2 aromatic heterocycles. The zero-order chi connectivity index (χ0) is 22.1. The summed E-state index contributed by atoms with van der Waals surface area (Å²) in [6.45, 7) is 6.19. The number of hydrogen-bond acceptors (Lipinski definition) is 3. The van der Waals surface area contributed by atoms with Crippen molar-refractivity contribution < 1.29 is 18.0 Å². The number of aromatic nitrogens is 4. The number of alkyl halides is 3. The SMILES string of the molecule is Cc1nn(CC(C)C(=O)Nc2cnn(Cc3cccc(C(F)(F)F)c3)c2)c(C)c1Br. The molecule has 10 heteroatoms. The lowest BCUT2D eigenvalue weighted by Crippen LogP contribution is -2.25. The number of nitrogens with zero attached hydrogens (tertiary/aromatic N) is 4. The average Bonchev–Trinajstić information content (AvgIpc) is 3.21. The zero-order valence-electron chi connectivity index (χ0n) is 16.7. The van der Waals surface area contributed by atoms with Gasteiger partial charge in [0.25, 0.3) is 0 Å². The van der Waals surface area contributed by atoms with Gasteiger partial charge in [0.2, 0.25) is 5.91 Å². The summed E-state index contributed by atoms with van der Waals surface area (Å²) in [5.74, 6) is -0.543. The fourth-order valence-corrected chi connectivity index (χ4v) is 3.29. The molecule has 1 unspecified atom stereocenters. The average molecular weight is 484 g/mol. The van der Waals surface area contributed by atoms with Gasteiger partial charge in [-0.3, -0.25) is 14.2 Å². The molecule has 0 bridgehead atoms. The molecule has 30 heavy (non-hydrogen) atoms. The number of hydrogen-bond donors (Lipinski definition) is 1. The number of halogens is 4. The number of benzene rings is 1. The molecule has 1 N–H and O–H groups in total. The number of rotatable bonds is 6. The third kappa shape index (κ3) is 5.10. The standard InChI is InChI=1S/C20H21BrF3N5O/c1-12(9-29-14(3)18(21)13(2)27-29)19(30)26-17-8-25-28(11-17)10-15-5-4-6-16(7-15)20(22,23)24/h4-8,11-12H,9-10H2,1-3H3,(H,26,30). The van der Waals surface area contributed by atoms with E-state index < -0.39 is 11.7 Å². The molecule has 1 amide bonds. The lowest BCUT2D eigenvalue weighted by atomic mass is 10.1. The molecule has 0 aliphatic rings. The summed E-state index contributed by atoms with van der Waals surface area (Å²) >= 11 is 3.47. The summed E-state index contributed by atoms with van der Waals surface area (Å²) in [4.78, 5) is 12.5. The van der Waals surface area contributed by atoms with Gasteiger partial charge in [-0.1, -0.05) is 19.1 Å². The van der Waals surface area contributed by atoms with Crippen LogP contribution in [0.5, 0.6) is 0 Å². The van der Waals surface area contributed by atoms with E-state index in [9.17, 15) is 18.0 Å². The molecule has 0 aliphatic carbocycles. The summed E-state index contributed by atoms with van der Waals surface area (Å²) in [6.07, 6.45) is -1.33. The van der Waals surface area contributed by atoms with Crippen LogP contribution in [0.15, 0.2) is 41.1 Å². The summed E-state index contributed by atoms with van der Waals surface area (Å²) in [7, 11) is 0. The van der Waals surface area contributed by atoms with E-state index >= 15 is 0 Å². The Kier molecular flexibility index (Phi) is 6.35. The largest absolute Gasteiger partial charge is 0.416 e. The number of nitrogens with one attached hydrogen (secondary N) is 1. The summed E-state index contributed by atoms with van der Waals surface area (Å²) in [6, 6.07) is 5.09. The Morgan fingerprint density at radius 1 is 1.30 bits per heavy atom. The Morgan fingerprint density at radius 3 is 2.67 bits per heavy atom. The van der Waals surface area contributed by atoms with E-state index in [-0.39, 0.29) is 18.4 Å². The predicted molar refractivity (Wildman–Crippen MR) is 110 cm³/mol. The quantitative estimate of drug-likeness (QED) is 0.547. The normalized spacial score (nSPS) is 12.8. The first kappa shape index (κ1) is 22.1. The van der Waals surface area contributed by atoms with Crippen molar-refractivity contribution in [2.24, 2.45) is 5.92 Å². The van der Waals surface area contributed by atoms with Gasteiger partial charge < -0.3 is 5.32 Å². The van der Waals surface area contributed by atoms with Gasteiger partial charge in [0.15, 0.2) is 0 Å². The van der Waals surface area contributed by atoms with E-state index in [4.69, 9.17) is 0 Å². The second kappa shape index (κ2) is 8.63. The Hall–Kier alpha value is -2.62. The first-order valence-corrected chi connectivity index (χ1v) is 10.0. The molecule has 3 rings (SSSR count). The first-order chi connectivity index (χ1) is 14.0. The highest BCUT2D eigenvalue weighted by molar-refractivity contribution is 9.10. The molecule has 0 fully saturated rings. The molecule has 6 nitrogen and oxygen atoms in total. The van der Waals surface area contributed by atoms with Crippen molar-refractivity contribution >= 4 is 27.5 Å². The van der Waals surface area contributed by atoms with Crippen LogP contribution in [0.3, 0.4) is 0 Å². The number of carbonyl (C=O) groups excluding carboxylic acids is 1. The van der Waals surface area contributed by atoms with Gasteiger partial charge in [-0.15, -0.1) is 0 Å². The van der Waals surface area contributed by atoms with E-state index in [1.165, 1.54) is 16.9 Å². The molecule has 160 valence electrons. The molecule has 2 heterocycles. The fourth-order valence-electron chi connectivity index (χ4n) is 3.01. The van der Waals surface area contributed by atoms with Crippen LogP contribution >= 0.6 is 15.9 Å². The minimum absolute atomic E-state index is 0.162. The lowest BCUT2D eigenvalue weighted by molar-refractivity contribution is -0.137. The second-order valence-electron chi connectivity index (χ2n) is 7.18. The van der Waals surface area contributed by atoms with Crippen LogP contribution in [0, 0.1) is 19.8 Å². The van der Waals surface area contributed by atoms with Crippen molar-refractivity contribution in [1.82, 2.24) is 19.6 Å². The molecule has 1 atom stereocenters. The number of carbonyl (C=O) groups is 1. The van der Waals surface area contributed by atoms with E-state index in [0.29, 0.717) is 17.8 Å². The molecule has 0 saturated carbocycles. The van der Waals surface area contributed by atoms with Gasteiger partial charge >= 0.3 is 6.18 Å². The maximum atomic E-state index is 12.9. The molecule has 3 aromatic rings. The predicted octanol–water partition coefficient (Wildman–Crippen LogP) is 4.80. The van der Waals surface area contributed by atoms with Crippen LogP contribution in [0.4, 0.5) is 18.9 Å². The maximum absolute atomic E-state index is 12.9. The Morgan fingerprint density at radius 2 is 2.03 bits per heavy atom. The highest BCUT2D eigenvalue weighted by Gasteiger charge is 2.30. The molecular weight excluding hydrogens is 463 g/mol. The zero-order valence-corrected chi connectivity index (χ0v) is 18.3. The van der Waals surface area contributed by atoms with E-state index in [1.807, 2.05) is 13.8 Å². The summed E-state index contributed by atoms with van der Waals surface area (Å²) in [5, 5.41) is 11.3. The van der Waals surface area contributed by atoms with Crippen molar-refractivity contribution in [1.29, 1.82) is 0 Å². The van der Waals surface area contributed by atoms with Crippen LogP contribution in [0.2, 0.25) is 0 Å². The fraction of sp³-hybridized carbons (Fsp3) is 0.350. The molecule has 0 saturated heterocycles. The van der Waals surface area contributed by atoms with Crippen molar-refractivity contribution in [2.75, 3.05) is 5.32 Å². The smallest absolute Gasteiger partial charge is 0.323 e. The number of aryl methyl sites for hydroxylation is 1. The number of anilines is 1. The van der Waals surface area contributed by atoms with Gasteiger partial charge in [0, 0.05) is 11.9 Å². The van der Waals surface area contributed by atoms with Crippen LogP contribution in [0.1, 0.15) is 29.4 Å². The van der Waals surface area contributed by atoms with Crippen molar-refractivity contribution in [2.45, 2.75) is 40.0 Å². The molecular formula is C20H21BrF3N5O. The highest BCUT2D eigenvalue weighted by Crippen LogP contribution is 2.29. The Balaban J connectivity index is 1.62. The second-order valence-corrected chi connectivity index (χ2v) is 7.97. The minimum atomic E-state index is -4.39. The lowest BCUT2D eigenvalue weighted by Gasteiger charge is -2.12. The van der Waals surface area contributed by atoms with Gasteiger partial charge in [-0.05, 0) is 47.5 Å². The topological polar surface area (TPSA) is 64.7 Å². The number of amides is 1. The molecule has 0 radical (unpaired) electrons. The maximum Gasteiger partial charge on any atom is 0.416 e. The van der Waals surface area contributed by atoms with Crippen molar-refractivity contribution in [3.05, 3.63) is 63.6 Å². The Bertz CT molecular complexity index is 1060. The van der Waals surface area contributed by atoms with Crippen LogP contribution < -0.4 is 5.32 Å². The molecule has 0 aliphatic heterocycles. The minimum Gasteiger partial charge on any atom is -0.323 e. The van der Waals surface area contributed by atoms with Crippen molar-refractivity contribution in [3.63, 3.8) is 0 Å². The van der Waals surface area contributed by atoms with E-state index in [2.05, 4.69) is 31.4 Å². The molecule has 0 spiro atoms. The monoisotopic (exact) mass is 483 g/mol. The highest BCUT2D eigenvalue weighted by atomic mass is 79.9. The third-order valence-corrected chi connectivity index (χ3v) is 5.83. The van der Waals surface area contributed by atoms with Crippen LogP contribution in [-0.4, -0.2) is 25.5 Å². The van der Waals surface area contributed by atoms with Crippen LogP contribution in [-0.2, 0) is 24.1 Å². The van der Waals surface area contributed by atoms with E-state index in [0.717, 1.165) is 28.0 Å². The van der Waals surface area contributed by atoms with E-state index in [1.54, 1.807) is 23.9 Å². The van der Waals surface area contributed by atoms with Gasteiger partial charge in [0.05, 0.1) is 46.6 Å². The van der Waals surface area contributed by atoms with Gasteiger partial charge in [0.1, 0.15) is 0 Å². The van der Waals surface area contributed by atoms with Gasteiger partial charge in [-0.25, -0.2) is 0 Å². The summed E-state index contributed by atoms with van der Waals surface area (Å²) in [5.41, 5.74) is 2.05. The Labute approximate surface area is 180 Å². The first-order valence-electron chi connectivity index (χ1n) is 9.23. The molecule has 1 aromatic carbocycles. The third-order valence-electron chi connectivity index (χ3n) is 4.69. The van der Waals surface area contributed by atoms with Crippen molar-refractivity contribution in [3.8, 4) is 0 Å².